The lowest BCUT2D eigenvalue weighted by Gasteiger charge is -2.35. The number of amides is 2. The summed E-state index contributed by atoms with van der Waals surface area (Å²) in [5.74, 6) is 1.55. The Kier molecular flexibility index (Phi) is 9.14. The summed E-state index contributed by atoms with van der Waals surface area (Å²) in [5, 5.41) is 3.67. The molecule has 6 rings (SSSR count). The van der Waals surface area contributed by atoms with Crippen molar-refractivity contribution in [3.63, 3.8) is 0 Å². The average Bonchev–Trinajstić information content (AvgIpc) is 3.10. The number of nitrogens with zero attached hydrogens (tertiary/aromatic N) is 5. The first-order valence-corrected chi connectivity index (χ1v) is 15.4. The number of anilines is 1. The van der Waals surface area contributed by atoms with Crippen LogP contribution in [0.15, 0.2) is 89.7 Å². The van der Waals surface area contributed by atoms with Crippen LogP contribution >= 0.6 is 0 Å². The Morgan fingerprint density at radius 2 is 1.53 bits per heavy atom. The average molecular weight is 633 g/mol. The van der Waals surface area contributed by atoms with Crippen LogP contribution in [0.3, 0.4) is 0 Å². The zero-order valence-electron chi connectivity index (χ0n) is 26.6. The molecule has 0 aliphatic carbocycles. The predicted octanol–water partition coefficient (Wildman–Crippen LogP) is 3.93. The number of benzene rings is 3. The molecule has 3 heterocycles. The van der Waals surface area contributed by atoms with Gasteiger partial charge in [0.15, 0.2) is 17.1 Å². The van der Waals surface area contributed by atoms with E-state index in [-0.39, 0.29) is 17.4 Å². The molecule has 11 nitrogen and oxygen atoms in total. The van der Waals surface area contributed by atoms with E-state index in [1.165, 1.54) is 6.07 Å². The van der Waals surface area contributed by atoms with Gasteiger partial charge >= 0.3 is 0 Å². The third kappa shape index (κ3) is 6.79. The van der Waals surface area contributed by atoms with E-state index < -0.39 is 0 Å². The van der Waals surface area contributed by atoms with Gasteiger partial charge in [-0.05, 0) is 60.5 Å². The van der Waals surface area contributed by atoms with Gasteiger partial charge in [-0.25, -0.2) is 4.98 Å². The fourth-order valence-electron chi connectivity index (χ4n) is 5.72. The second-order valence-electron chi connectivity index (χ2n) is 11.3. The number of aromatic nitrogens is 3. The topological polar surface area (TPSA) is 119 Å². The van der Waals surface area contributed by atoms with Crippen LogP contribution in [0.4, 0.5) is 5.95 Å². The standard InChI is InChI=1S/C36H36N6O5/c1-24-29-14-16-32(43)42(28-12-10-27(11-13-28)35(45)37-23-26-9-15-30(46-2)31(21-26)47-3)34(29)39-36(38-24)41-19-17-40(18-20-41)33(44)22-25-7-5-4-6-8-25/h4-16,21H,17-20,22-23H2,1-3H3,(H,37,45). The smallest absolute Gasteiger partial charge is 0.256 e. The van der Waals surface area contributed by atoms with Gasteiger partial charge in [-0.1, -0.05) is 36.4 Å². The highest BCUT2D eigenvalue weighted by molar-refractivity contribution is 5.94. The number of aryl methyl sites for hydroxylation is 1. The molecule has 0 radical (unpaired) electrons. The summed E-state index contributed by atoms with van der Waals surface area (Å²) in [4.78, 5) is 52.6. The number of carbonyl (C=O) groups is 2. The molecule has 1 aliphatic rings. The largest absolute Gasteiger partial charge is 0.493 e. The van der Waals surface area contributed by atoms with Crippen molar-refractivity contribution in [1.29, 1.82) is 0 Å². The number of carbonyl (C=O) groups excluding carboxylic acids is 2. The molecule has 0 atom stereocenters. The highest BCUT2D eigenvalue weighted by Crippen LogP contribution is 2.27. The molecule has 2 aromatic heterocycles. The number of ether oxygens (including phenoxy) is 2. The lowest BCUT2D eigenvalue weighted by atomic mass is 10.1. The van der Waals surface area contributed by atoms with Crippen LogP contribution in [0.1, 0.15) is 27.2 Å². The zero-order valence-corrected chi connectivity index (χ0v) is 26.6. The van der Waals surface area contributed by atoms with Crippen LogP contribution < -0.4 is 25.2 Å². The first-order valence-electron chi connectivity index (χ1n) is 15.4. The van der Waals surface area contributed by atoms with Gasteiger partial charge in [0.05, 0.1) is 32.0 Å². The number of hydrogen-bond donors (Lipinski definition) is 1. The molecule has 3 aromatic carbocycles. The maximum absolute atomic E-state index is 13.2. The Balaban J connectivity index is 1.18. The van der Waals surface area contributed by atoms with Crippen LogP contribution in [0.5, 0.6) is 11.5 Å². The fraction of sp³-hybridized carbons (Fsp3) is 0.250. The second-order valence-corrected chi connectivity index (χ2v) is 11.3. The maximum Gasteiger partial charge on any atom is 0.256 e. The number of fused-ring (bicyclic) bond motifs is 1. The number of rotatable bonds is 9. The molecule has 0 spiro atoms. The number of pyridine rings is 1. The Morgan fingerprint density at radius 3 is 2.23 bits per heavy atom. The van der Waals surface area contributed by atoms with Crippen molar-refractivity contribution >= 4 is 28.8 Å². The lowest BCUT2D eigenvalue weighted by Crippen LogP contribution is -2.49. The van der Waals surface area contributed by atoms with Crippen molar-refractivity contribution in [3.05, 3.63) is 118 Å². The summed E-state index contributed by atoms with van der Waals surface area (Å²) >= 11 is 0. The van der Waals surface area contributed by atoms with Crippen LogP contribution in [-0.4, -0.2) is 71.6 Å². The number of methoxy groups -OCH3 is 2. The molecule has 0 bridgehead atoms. The number of nitrogens with one attached hydrogen (secondary N) is 1. The van der Waals surface area contributed by atoms with E-state index in [0.717, 1.165) is 22.2 Å². The molecule has 1 fully saturated rings. The molecule has 0 saturated carbocycles. The third-order valence-corrected chi connectivity index (χ3v) is 8.33. The molecule has 11 heteroatoms. The van der Waals surface area contributed by atoms with Gasteiger partial charge < -0.3 is 24.6 Å². The van der Waals surface area contributed by atoms with E-state index in [0.29, 0.717) is 73.5 Å². The quantitative estimate of drug-likeness (QED) is 0.260. The maximum atomic E-state index is 13.2. The lowest BCUT2D eigenvalue weighted by molar-refractivity contribution is -0.130. The van der Waals surface area contributed by atoms with Crippen LogP contribution in [-0.2, 0) is 17.8 Å². The normalized spacial score (nSPS) is 13.0. The Bertz CT molecular complexity index is 1970. The summed E-state index contributed by atoms with van der Waals surface area (Å²) < 4.78 is 12.2. The summed E-state index contributed by atoms with van der Waals surface area (Å²) in [6.07, 6.45) is 0.372. The number of hydrogen-bond acceptors (Lipinski definition) is 8. The SMILES string of the molecule is COc1ccc(CNC(=O)c2ccc(-n3c(=O)ccc4c(C)nc(N5CCN(C(=O)Cc6ccccc6)CC5)nc43)cc2)cc1OC. The fourth-order valence-corrected chi connectivity index (χ4v) is 5.72. The van der Waals surface area contributed by atoms with E-state index >= 15 is 0 Å². The van der Waals surface area contributed by atoms with Gasteiger partial charge in [-0.15, -0.1) is 0 Å². The molecule has 47 heavy (non-hydrogen) atoms. The highest BCUT2D eigenvalue weighted by atomic mass is 16.5. The molecule has 1 aliphatic heterocycles. The summed E-state index contributed by atoms with van der Waals surface area (Å²) in [5.41, 5.74) is 3.87. The molecular formula is C36H36N6O5. The molecular weight excluding hydrogens is 596 g/mol. The highest BCUT2D eigenvalue weighted by Gasteiger charge is 2.24. The first-order chi connectivity index (χ1) is 22.8. The summed E-state index contributed by atoms with van der Waals surface area (Å²) in [6.45, 7) is 4.48. The van der Waals surface area contributed by atoms with Crippen molar-refractivity contribution in [3.8, 4) is 17.2 Å². The summed E-state index contributed by atoms with van der Waals surface area (Å²) in [7, 11) is 3.14. The van der Waals surface area contributed by atoms with Crippen molar-refractivity contribution in [2.45, 2.75) is 19.9 Å². The van der Waals surface area contributed by atoms with Crippen LogP contribution in [0, 0.1) is 6.92 Å². The van der Waals surface area contributed by atoms with E-state index in [9.17, 15) is 14.4 Å². The third-order valence-electron chi connectivity index (χ3n) is 8.33. The van der Waals surface area contributed by atoms with Crippen LogP contribution in [0.2, 0.25) is 0 Å². The molecule has 0 unspecified atom stereocenters. The molecule has 5 aromatic rings. The van der Waals surface area contributed by atoms with Crippen LogP contribution in [0.25, 0.3) is 16.7 Å². The Hall–Kier alpha value is -5.71. The van der Waals surface area contributed by atoms with Crippen molar-refractivity contribution in [2.75, 3.05) is 45.3 Å². The molecule has 2 amide bonds. The van der Waals surface area contributed by atoms with E-state index in [1.54, 1.807) is 55.2 Å². The minimum Gasteiger partial charge on any atom is -0.493 e. The van der Waals surface area contributed by atoms with Gasteiger partial charge in [0.1, 0.15) is 0 Å². The van der Waals surface area contributed by atoms with Gasteiger partial charge in [-0.2, -0.15) is 4.98 Å². The summed E-state index contributed by atoms with van der Waals surface area (Å²) in [6, 6.07) is 25.3. The van der Waals surface area contributed by atoms with Gasteiger partial charge in [-0.3, -0.25) is 19.0 Å². The second kappa shape index (κ2) is 13.7. The monoisotopic (exact) mass is 632 g/mol. The number of piperazine rings is 1. The minimum atomic E-state index is -0.251. The van der Waals surface area contributed by atoms with Gasteiger partial charge in [0, 0.05) is 49.7 Å². The van der Waals surface area contributed by atoms with E-state index in [4.69, 9.17) is 19.4 Å². The van der Waals surface area contributed by atoms with E-state index in [2.05, 4.69) is 5.32 Å². The molecule has 1 saturated heterocycles. The van der Waals surface area contributed by atoms with Crippen molar-refractivity contribution in [1.82, 2.24) is 24.8 Å². The van der Waals surface area contributed by atoms with Crippen molar-refractivity contribution < 1.29 is 19.1 Å². The van der Waals surface area contributed by atoms with E-state index in [1.807, 2.05) is 59.2 Å². The Labute approximate surface area is 272 Å². The van der Waals surface area contributed by atoms with Gasteiger partial charge in [0.25, 0.3) is 11.5 Å². The molecule has 240 valence electrons. The first kappa shape index (κ1) is 31.3. The Morgan fingerprint density at radius 1 is 0.809 bits per heavy atom. The van der Waals surface area contributed by atoms with Crippen molar-refractivity contribution in [2.24, 2.45) is 0 Å². The van der Waals surface area contributed by atoms with Gasteiger partial charge in [0.2, 0.25) is 11.9 Å². The zero-order chi connectivity index (χ0) is 32.9. The molecule has 1 N–H and O–H groups in total. The minimum absolute atomic E-state index is 0.0957. The predicted molar refractivity (Wildman–Crippen MR) is 180 cm³/mol.